The van der Waals surface area contributed by atoms with Crippen LogP contribution in [0.2, 0.25) is 0 Å². The Balaban J connectivity index is 2.38. The van der Waals surface area contributed by atoms with Crippen LogP contribution in [0.25, 0.3) is 5.70 Å². The molecule has 27 heavy (non-hydrogen) atoms. The van der Waals surface area contributed by atoms with Crippen LogP contribution in [0.5, 0.6) is 11.5 Å². The van der Waals surface area contributed by atoms with Gasteiger partial charge in [0, 0.05) is 17.8 Å². The highest BCUT2D eigenvalue weighted by molar-refractivity contribution is 6.04. The van der Waals surface area contributed by atoms with Crippen LogP contribution in [0.1, 0.15) is 11.3 Å². The molecule has 0 fully saturated rings. The summed E-state index contributed by atoms with van der Waals surface area (Å²) in [4.78, 5) is 30.2. The number of carbonyl (C=O) groups excluding carboxylic acids is 1. The lowest BCUT2D eigenvalue weighted by atomic mass is 10.0. The van der Waals surface area contributed by atoms with Crippen molar-refractivity contribution in [2.75, 3.05) is 7.11 Å². The Morgan fingerprint density at radius 3 is 2.81 bits per heavy atom. The fraction of sp³-hybridized carbons (Fsp3) is 0.125. The monoisotopic (exact) mass is 370 g/mol. The molecule has 138 valence electrons. The summed E-state index contributed by atoms with van der Waals surface area (Å²) < 4.78 is 4.88. The molecule has 0 aliphatic carbocycles. The van der Waals surface area contributed by atoms with E-state index in [0.29, 0.717) is 5.69 Å². The van der Waals surface area contributed by atoms with Crippen molar-refractivity contribution in [3.63, 3.8) is 0 Å². The number of hydrogen-bond donors (Lipinski definition) is 3. The highest BCUT2D eigenvalue weighted by Crippen LogP contribution is 2.38. The SMILES string of the molecule is COc1cc(/C(N)=C(\C#N)C(=O)NCc2ccncn2)cc([N+](=O)[O-])c1O. The molecule has 0 aliphatic heterocycles. The van der Waals surface area contributed by atoms with Crippen molar-refractivity contribution in [2.24, 2.45) is 5.73 Å². The quantitative estimate of drug-likeness (QED) is 0.284. The molecule has 11 heteroatoms. The van der Waals surface area contributed by atoms with Gasteiger partial charge < -0.3 is 20.9 Å². The number of benzene rings is 1. The molecule has 0 unspecified atom stereocenters. The summed E-state index contributed by atoms with van der Waals surface area (Å²) in [6.45, 7) is 0.0266. The van der Waals surface area contributed by atoms with E-state index in [0.717, 1.165) is 6.07 Å². The predicted octanol–water partition coefficient (Wildman–Crippen LogP) is 0.609. The van der Waals surface area contributed by atoms with Crippen molar-refractivity contribution in [3.05, 3.63) is 57.7 Å². The highest BCUT2D eigenvalue weighted by atomic mass is 16.6. The van der Waals surface area contributed by atoms with Crippen LogP contribution in [-0.2, 0) is 11.3 Å². The lowest BCUT2D eigenvalue weighted by Gasteiger charge is -2.10. The van der Waals surface area contributed by atoms with Gasteiger partial charge in [0.25, 0.3) is 5.91 Å². The van der Waals surface area contributed by atoms with Gasteiger partial charge in [0.1, 0.15) is 18.0 Å². The fourth-order valence-electron chi connectivity index (χ4n) is 2.10. The molecule has 2 rings (SSSR count). The van der Waals surface area contributed by atoms with Gasteiger partial charge in [0.2, 0.25) is 5.75 Å². The van der Waals surface area contributed by atoms with Crippen molar-refractivity contribution >= 4 is 17.3 Å². The number of nitro groups is 1. The summed E-state index contributed by atoms with van der Waals surface area (Å²) in [6.07, 6.45) is 2.80. The summed E-state index contributed by atoms with van der Waals surface area (Å²) in [5.41, 5.74) is 4.93. The molecule has 1 heterocycles. The molecule has 0 bridgehead atoms. The Kier molecular flexibility index (Phi) is 5.85. The molecule has 0 aliphatic rings. The zero-order chi connectivity index (χ0) is 20.0. The smallest absolute Gasteiger partial charge is 0.315 e. The van der Waals surface area contributed by atoms with Gasteiger partial charge in [-0.05, 0) is 12.1 Å². The lowest BCUT2D eigenvalue weighted by molar-refractivity contribution is -0.386. The number of aromatic nitrogens is 2. The number of methoxy groups -OCH3 is 1. The Bertz CT molecular complexity index is 952. The number of rotatable bonds is 6. The van der Waals surface area contributed by atoms with E-state index in [1.807, 2.05) is 0 Å². The standard InChI is InChI=1S/C16H14N6O5/c1-27-13-5-9(4-12(15(13)23)22(25)26)14(18)11(6-17)16(24)20-7-10-2-3-19-8-21-10/h2-5,8,23H,7,18H2,1H3,(H,20,24)/b14-11-. The summed E-state index contributed by atoms with van der Waals surface area (Å²) in [5.74, 6) is -1.70. The number of nitrogens with one attached hydrogen (secondary N) is 1. The molecule has 1 aromatic heterocycles. The van der Waals surface area contributed by atoms with Crippen molar-refractivity contribution < 1.29 is 19.6 Å². The highest BCUT2D eigenvalue weighted by Gasteiger charge is 2.23. The first-order valence-electron chi connectivity index (χ1n) is 7.37. The molecule has 0 saturated heterocycles. The number of phenols is 1. The maximum atomic E-state index is 12.3. The van der Waals surface area contributed by atoms with Crippen LogP contribution >= 0.6 is 0 Å². The predicted molar refractivity (Wildman–Crippen MR) is 91.9 cm³/mol. The molecule has 0 spiro atoms. The number of ether oxygens (including phenoxy) is 1. The van der Waals surface area contributed by atoms with E-state index in [1.165, 1.54) is 25.7 Å². The van der Waals surface area contributed by atoms with E-state index in [1.54, 1.807) is 12.1 Å². The third kappa shape index (κ3) is 4.26. The van der Waals surface area contributed by atoms with Gasteiger partial charge in [0.15, 0.2) is 5.75 Å². The number of aromatic hydroxyl groups is 1. The lowest BCUT2D eigenvalue weighted by Crippen LogP contribution is -2.26. The largest absolute Gasteiger partial charge is 0.500 e. The molecule has 11 nitrogen and oxygen atoms in total. The minimum atomic E-state index is -0.837. The second kappa shape index (κ2) is 8.26. The topological polar surface area (TPSA) is 177 Å². The van der Waals surface area contributed by atoms with Crippen LogP contribution in [0.3, 0.4) is 0 Å². The molecular formula is C16H14N6O5. The van der Waals surface area contributed by atoms with E-state index in [-0.39, 0.29) is 23.6 Å². The molecule has 0 radical (unpaired) electrons. The van der Waals surface area contributed by atoms with Crippen LogP contribution in [-0.4, -0.2) is 33.0 Å². The first-order valence-corrected chi connectivity index (χ1v) is 7.37. The summed E-state index contributed by atoms with van der Waals surface area (Å²) in [7, 11) is 1.20. The Morgan fingerprint density at radius 2 is 2.26 bits per heavy atom. The Labute approximate surface area is 152 Å². The number of nitriles is 1. The number of carbonyl (C=O) groups is 1. The maximum absolute atomic E-state index is 12.3. The molecule has 4 N–H and O–H groups in total. The summed E-state index contributed by atoms with van der Waals surface area (Å²) >= 11 is 0. The second-order valence-corrected chi connectivity index (χ2v) is 5.09. The summed E-state index contributed by atoms with van der Waals surface area (Å²) in [5, 5.41) is 32.6. The number of nitrogens with zero attached hydrogens (tertiary/aromatic N) is 4. The molecule has 0 atom stereocenters. The molecule has 0 saturated carbocycles. The van der Waals surface area contributed by atoms with Crippen LogP contribution in [0.15, 0.2) is 36.3 Å². The normalized spacial score (nSPS) is 11.1. The third-order valence-corrected chi connectivity index (χ3v) is 3.46. The minimum absolute atomic E-state index is 0.0231. The van der Waals surface area contributed by atoms with E-state index < -0.39 is 27.8 Å². The van der Waals surface area contributed by atoms with Gasteiger partial charge in [-0.3, -0.25) is 14.9 Å². The van der Waals surface area contributed by atoms with E-state index in [9.17, 15) is 25.3 Å². The number of phenolic OH excluding ortho intramolecular Hbond substituents is 1. The van der Waals surface area contributed by atoms with Crippen LogP contribution in [0.4, 0.5) is 5.69 Å². The van der Waals surface area contributed by atoms with E-state index in [4.69, 9.17) is 10.5 Å². The van der Waals surface area contributed by atoms with Crippen molar-refractivity contribution in [2.45, 2.75) is 6.54 Å². The number of nitro benzene ring substituents is 1. The number of hydrogen-bond acceptors (Lipinski definition) is 9. The van der Waals surface area contributed by atoms with Gasteiger partial charge >= 0.3 is 5.69 Å². The number of amides is 1. The first kappa shape index (κ1) is 19.1. The average Bonchev–Trinajstić information content (AvgIpc) is 2.67. The Hall–Kier alpha value is -4.20. The molecule has 1 amide bonds. The first-order chi connectivity index (χ1) is 12.9. The van der Waals surface area contributed by atoms with Crippen molar-refractivity contribution in [3.8, 4) is 17.6 Å². The molecular weight excluding hydrogens is 356 g/mol. The van der Waals surface area contributed by atoms with Crippen molar-refractivity contribution in [1.82, 2.24) is 15.3 Å². The Morgan fingerprint density at radius 1 is 1.52 bits per heavy atom. The van der Waals surface area contributed by atoms with Gasteiger partial charge in [0.05, 0.1) is 30.0 Å². The van der Waals surface area contributed by atoms with Gasteiger partial charge in [-0.2, -0.15) is 5.26 Å². The van der Waals surface area contributed by atoms with Crippen LogP contribution in [0, 0.1) is 21.4 Å². The fourth-order valence-corrected chi connectivity index (χ4v) is 2.10. The average molecular weight is 370 g/mol. The third-order valence-electron chi connectivity index (χ3n) is 3.46. The molecule has 2 aromatic rings. The van der Waals surface area contributed by atoms with E-state index in [2.05, 4.69) is 15.3 Å². The minimum Gasteiger partial charge on any atom is -0.500 e. The van der Waals surface area contributed by atoms with Crippen LogP contribution < -0.4 is 15.8 Å². The number of nitrogens with two attached hydrogens (primary N) is 1. The van der Waals surface area contributed by atoms with Crippen molar-refractivity contribution in [1.29, 1.82) is 5.26 Å². The summed E-state index contributed by atoms with van der Waals surface area (Å²) in [6, 6.07) is 5.38. The van der Waals surface area contributed by atoms with Gasteiger partial charge in [-0.15, -0.1) is 0 Å². The zero-order valence-electron chi connectivity index (χ0n) is 14.0. The van der Waals surface area contributed by atoms with Gasteiger partial charge in [-0.1, -0.05) is 0 Å². The van der Waals surface area contributed by atoms with Gasteiger partial charge in [-0.25, -0.2) is 9.97 Å². The molecule has 1 aromatic carbocycles. The zero-order valence-corrected chi connectivity index (χ0v) is 14.0. The maximum Gasteiger partial charge on any atom is 0.315 e. The second-order valence-electron chi connectivity index (χ2n) is 5.09. The van der Waals surface area contributed by atoms with E-state index >= 15 is 0 Å².